The first-order chi connectivity index (χ1) is 15.2. The van der Waals surface area contributed by atoms with E-state index >= 15 is 0 Å². The molecule has 4 aromatic heterocycles. The average Bonchev–Trinajstić information content (AvgIpc) is 3.55. The third kappa shape index (κ3) is 2.94. The average molecular weight is 410 g/mol. The molecule has 1 aliphatic rings. The molecule has 8 heteroatoms. The lowest BCUT2D eigenvalue weighted by Gasteiger charge is -2.19. The van der Waals surface area contributed by atoms with Gasteiger partial charge in [-0.2, -0.15) is 0 Å². The lowest BCUT2D eigenvalue weighted by molar-refractivity contribution is 0.886. The van der Waals surface area contributed by atoms with Crippen LogP contribution in [0.25, 0.3) is 34.2 Å². The molecule has 0 atom stereocenters. The van der Waals surface area contributed by atoms with Crippen molar-refractivity contribution < 1.29 is 0 Å². The number of aromatic nitrogens is 7. The SMILES string of the molecule is Cc1ncc(C)n2nc(-c3nc4nc(-c5ccccc5)cn4cc3N3CCCC3)nc12. The van der Waals surface area contributed by atoms with E-state index in [2.05, 4.69) is 28.2 Å². The van der Waals surface area contributed by atoms with Gasteiger partial charge in [0.2, 0.25) is 11.6 Å². The molecule has 1 fully saturated rings. The summed E-state index contributed by atoms with van der Waals surface area (Å²) in [5, 5.41) is 4.79. The molecule has 6 rings (SSSR count). The fourth-order valence-electron chi connectivity index (χ4n) is 4.21. The summed E-state index contributed by atoms with van der Waals surface area (Å²) in [5.74, 6) is 1.25. The Morgan fingerprint density at radius 1 is 0.903 bits per heavy atom. The highest BCUT2D eigenvalue weighted by Gasteiger charge is 2.23. The molecule has 1 saturated heterocycles. The Bertz CT molecular complexity index is 1370. The van der Waals surface area contributed by atoms with Crippen molar-refractivity contribution in [3.63, 3.8) is 0 Å². The van der Waals surface area contributed by atoms with Gasteiger partial charge in [0.1, 0.15) is 5.69 Å². The summed E-state index contributed by atoms with van der Waals surface area (Å²) in [6.45, 7) is 5.95. The molecule has 31 heavy (non-hydrogen) atoms. The Labute approximate surface area is 179 Å². The number of anilines is 1. The van der Waals surface area contributed by atoms with Crippen molar-refractivity contribution in [2.75, 3.05) is 18.0 Å². The molecule has 5 heterocycles. The lowest BCUT2D eigenvalue weighted by atomic mass is 10.2. The molecule has 0 bridgehead atoms. The Morgan fingerprint density at radius 3 is 2.48 bits per heavy atom. The Morgan fingerprint density at radius 2 is 1.71 bits per heavy atom. The number of hydrogen-bond donors (Lipinski definition) is 0. The first kappa shape index (κ1) is 18.0. The molecule has 0 spiro atoms. The van der Waals surface area contributed by atoms with Crippen molar-refractivity contribution in [2.24, 2.45) is 0 Å². The van der Waals surface area contributed by atoms with E-state index in [1.54, 1.807) is 0 Å². The van der Waals surface area contributed by atoms with Crippen LogP contribution in [0.1, 0.15) is 24.2 Å². The Hall–Kier alpha value is -3.81. The van der Waals surface area contributed by atoms with Crippen LogP contribution in [0.2, 0.25) is 0 Å². The van der Waals surface area contributed by atoms with E-state index in [1.807, 2.05) is 53.4 Å². The normalized spacial score (nSPS) is 14.2. The Kier molecular flexibility index (Phi) is 3.99. The van der Waals surface area contributed by atoms with Crippen molar-refractivity contribution in [1.29, 1.82) is 0 Å². The van der Waals surface area contributed by atoms with Gasteiger partial charge >= 0.3 is 0 Å². The summed E-state index contributed by atoms with van der Waals surface area (Å²) in [7, 11) is 0. The topological polar surface area (TPSA) is 76.5 Å². The van der Waals surface area contributed by atoms with E-state index in [4.69, 9.17) is 20.1 Å². The van der Waals surface area contributed by atoms with E-state index in [9.17, 15) is 0 Å². The van der Waals surface area contributed by atoms with Crippen molar-refractivity contribution in [1.82, 2.24) is 34.0 Å². The maximum Gasteiger partial charge on any atom is 0.235 e. The number of fused-ring (bicyclic) bond motifs is 2. The second kappa shape index (κ2) is 6.87. The van der Waals surface area contributed by atoms with E-state index in [1.165, 1.54) is 12.8 Å². The molecular formula is C23H22N8. The number of imidazole rings is 1. The van der Waals surface area contributed by atoms with Crippen LogP contribution in [0.15, 0.2) is 48.9 Å². The first-order valence-electron chi connectivity index (χ1n) is 10.6. The number of aryl methyl sites for hydroxylation is 2. The smallest absolute Gasteiger partial charge is 0.235 e. The maximum absolute atomic E-state index is 4.94. The second-order valence-electron chi connectivity index (χ2n) is 8.02. The summed E-state index contributed by atoms with van der Waals surface area (Å²) in [6, 6.07) is 10.2. The number of benzene rings is 1. The van der Waals surface area contributed by atoms with Crippen LogP contribution in [0.5, 0.6) is 0 Å². The molecule has 1 aliphatic heterocycles. The van der Waals surface area contributed by atoms with Crippen LogP contribution in [0, 0.1) is 13.8 Å². The van der Waals surface area contributed by atoms with Crippen LogP contribution in [0.3, 0.4) is 0 Å². The third-order valence-corrected chi connectivity index (χ3v) is 5.87. The summed E-state index contributed by atoms with van der Waals surface area (Å²) in [5.41, 5.74) is 6.33. The Balaban J connectivity index is 1.57. The summed E-state index contributed by atoms with van der Waals surface area (Å²) in [6.07, 6.45) is 8.33. The molecular weight excluding hydrogens is 388 g/mol. The van der Waals surface area contributed by atoms with Crippen molar-refractivity contribution >= 4 is 17.1 Å². The largest absolute Gasteiger partial charge is 0.368 e. The quantitative estimate of drug-likeness (QED) is 0.451. The van der Waals surface area contributed by atoms with Gasteiger partial charge in [-0.25, -0.2) is 19.5 Å². The van der Waals surface area contributed by atoms with Crippen LogP contribution in [-0.4, -0.2) is 47.0 Å². The first-order valence-corrected chi connectivity index (χ1v) is 10.6. The molecule has 0 saturated carbocycles. The van der Waals surface area contributed by atoms with Gasteiger partial charge < -0.3 is 4.90 Å². The molecule has 0 aliphatic carbocycles. The van der Waals surface area contributed by atoms with Crippen molar-refractivity contribution in [3.8, 4) is 22.8 Å². The number of nitrogens with zero attached hydrogens (tertiary/aromatic N) is 8. The number of rotatable bonds is 3. The van der Waals surface area contributed by atoms with Crippen LogP contribution >= 0.6 is 0 Å². The molecule has 0 amide bonds. The highest BCUT2D eigenvalue weighted by molar-refractivity contribution is 5.74. The van der Waals surface area contributed by atoms with E-state index in [0.717, 1.165) is 52.8 Å². The predicted molar refractivity (Wildman–Crippen MR) is 119 cm³/mol. The minimum atomic E-state index is 0.605. The molecule has 5 aromatic rings. The van der Waals surface area contributed by atoms with Crippen molar-refractivity contribution in [3.05, 3.63) is 60.3 Å². The predicted octanol–water partition coefficient (Wildman–Crippen LogP) is 3.72. The zero-order chi connectivity index (χ0) is 20.9. The zero-order valence-electron chi connectivity index (χ0n) is 17.5. The van der Waals surface area contributed by atoms with Crippen LogP contribution in [-0.2, 0) is 0 Å². The van der Waals surface area contributed by atoms with Gasteiger partial charge in [-0.3, -0.25) is 9.38 Å². The zero-order valence-corrected chi connectivity index (χ0v) is 17.5. The van der Waals surface area contributed by atoms with Gasteiger partial charge in [-0.15, -0.1) is 5.10 Å². The standard InChI is InChI=1S/C23H22N8/c1-15-12-24-16(2)22-27-21(28-31(15)22)20-19(29-10-6-7-11-29)14-30-13-18(25-23(30)26-20)17-8-4-3-5-9-17/h3-5,8-9,12-14H,6-7,10-11H2,1-2H3. The van der Waals surface area contributed by atoms with Gasteiger partial charge in [-0.1, -0.05) is 30.3 Å². The monoisotopic (exact) mass is 410 g/mol. The van der Waals surface area contributed by atoms with E-state index in [0.29, 0.717) is 11.6 Å². The fourth-order valence-corrected chi connectivity index (χ4v) is 4.21. The molecule has 0 unspecified atom stereocenters. The van der Waals surface area contributed by atoms with Crippen LogP contribution in [0.4, 0.5) is 5.69 Å². The van der Waals surface area contributed by atoms with Crippen molar-refractivity contribution in [2.45, 2.75) is 26.7 Å². The highest BCUT2D eigenvalue weighted by Crippen LogP contribution is 2.31. The minimum absolute atomic E-state index is 0.605. The van der Waals surface area contributed by atoms with Gasteiger partial charge in [0.25, 0.3) is 0 Å². The summed E-state index contributed by atoms with van der Waals surface area (Å²) < 4.78 is 3.85. The minimum Gasteiger partial charge on any atom is -0.368 e. The summed E-state index contributed by atoms with van der Waals surface area (Å²) >= 11 is 0. The lowest BCUT2D eigenvalue weighted by Crippen LogP contribution is -2.20. The molecule has 154 valence electrons. The van der Waals surface area contributed by atoms with E-state index in [-0.39, 0.29) is 0 Å². The van der Waals surface area contributed by atoms with Gasteiger partial charge in [0.15, 0.2) is 5.65 Å². The van der Waals surface area contributed by atoms with Gasteiger partial charge in [0.05, 0.1) is 22.8 Å². The van der Waals surface area contributed by atoms with E-state index < -0.39 is 0 Å². The molecule has 1 aromatic carbocycles. The maximum atomic E-state index is 4.94. The molecule has 0 N–H and O–H groups in total. The van der Waals surface area contributed by atoms with Gasteiger partial charge in [-0.05, 0) is 26.7 Å². The van der Waals surface area contributed by atoms with Gasteiger partial charge in [0, 0.05) is 37.2 Å². The molecule has 8 nitrogen and oxygen atoms in total. The second-order valence-corrected chi connectivity index (χ2v) is 8.02. The van der Waals surface area contributed by atoms with Crippen LogP contribution < -0.4 is 4.90 Å². The fraction of sp³-hybridized carbons (Fsp3) is 0.261. The highest BCUT2D eigenvalue weighted by atomic mass is 15.3. The molecule has 0 radical (unpaired) electrons. The number of hydrogen-bond acceptors (Lipinski definition) is 6. The third-order valence-electron chi connectivity index (χ3n) is 5.87. The summed E-state index contributed by atoms with van der Waals surface area (Å²) in [4.78, 5) is 21.3.